The van der Waals surface area contributed by atoms with Crippen LogP contribution in [0.1, 0.15) is 16.1 Å². The van der Waals surface area contributed by atoms with Gasteiger partial charge in [0, 0.05) is 18.0 Å². The van der Waals surface area contributed by atoms with Gasteiger partial charge in [-0.1, -0.05) is 0 Å². The van der Waals surface area contributed by atoms with Crippen molar-refractivity contribution < 1.29 is 4.79 Å². The van der Waals surface area contributed by atoms with Crippen molar-refractivity contribution in [3.8, 4) is 0 Å². The summed E-state index contributed by atoms with van der Waals surface area (Å²) in [6, 6.07) is 3.39. The summed E-state index contributed by atoms with van der Waals surface area (Å²) >= 11 is 0. The Morgan fingerprint density at radius 3 is 2.92 bits per heavy atom. The van der Waals surface area contributed by atoms with Crippen molar-refractivity contribution in [1.82, 2.24) is 20.4 Å². The predicted molar refractivity (Wildman–Crippen MR) is 44.1 cm³/mol. The molecule has 0 fully saturated rings. The second kappa shape index (κ2) is 3.14. The highest BCUT2D eigenvalue weighted by Gasteiger charge is 2.10. The number of hydrogen-bond donors (Lipinski definition) is 1. The van der Waals surface area contributed by atoms with E-state index in [0.717, 1.165) is 0 Å². The first kappa shape index (κ1) is 7.60. The number of nitrogens with one attached hydrogen (secondary N) is 1. The average molecular weight is 174 g/mol. The van der Waals surface area contributed by atoms with E-state index in [4.69, 9.17) is 0 Å². The third-order valence-electron chi connectivity index (χ3n) is 1.57. The van der Waals surface area contributed by atoms with Gasteiger partial charge in [-0.15, -0.1) is 0 Å². The van der Waals surface area contributed by atoms with Crippen molar-refractivity contribution in [2.24, 2.45) is 0 Å². The normalized spacial score (nSPS) is 9.85. The van der Waals surface area contributed by atoms with Crippen LogP contribution < -0.4 is 0 Å². The summed E-state index contributed by atoms with van der Waals surface area (Å²) < 4.78 is 0. The van der Waals surface area contributed by atoms with Crippen molar-refractivity contribution in [1.29, 1.82) is 0 Å². The first-order valence-electron chi connectivity index (χ1n) is 3.68. The molecule has 0 bridgehead atoms. The number of hydrogen-bond acceptors (Lipinski definition) is 4. The Morgan fingerprint density at radius 2 is 2.31 bits per heavy atom. The van der Waals surface area contributed by atoms with Gasteiger partial charge in [-0.2, -0.15) is 15.4 Å². The highest BCUT2D eigenvalue weighted by Crippen LogP contribution is 2.03. The lowest BCUT2D eigenvalue weighted by Crippen LogP contribution is -2.01. The minimum atomic E-state index is -0.179. The summed E-state index contributed by atoms with van der Waals surface area (Å²) in [5.41, 5.74) is 0.810. The van der Waals surface area contributed by atoms with E-state index >= 15 is 0 Å². The van der Waals surface area contributed by atoms with Crippen molar-refractivity contribution in [3.05, 3.63) is 42.0 Å². The molecule has 64 valence electrons. The maximum atomic E-state index is 11.5. The summed E-state index contributed by atoms with van der Waals surface area (Å²) in [5.74, 6) is -0.179. The lowest BCUT2D eigenvalue weighted by molar-refractivity contribution is 0.103. The van der Waals surface area contributed by atoms with Crippen molar-refractivity contribution in [2.45, 2.75) is 0 Å². The highest BCUT2D eigenvalue weighted by molar-refractivity contribution is 6.07. The quantitative estimate of drug-likeness (QED) is 0.670. The Hall–Kier alpha value is -2.04. The van der Waals surface area contributed by atoms with E-state index in [-0.39, 0.29) is 5.78 Å². The number of pyridine rings is 1. The SMILES string of the molecule is O=C(c1cccnc1)c1cn[nH]n1. The molecule has 0 saturated carbocycles. The number of aromatic amines is 1. The molecular weight excluding hydrogens is 168 g/mol. The first-order valence-corrected chi connectivity index (χ1v) is 3.68. The van der Waals surface area contributed by atoms with Gasteiger partial charge in [0.05, 0.1) is 6.20 Å². The molecule has 2 aromatic heterocycles. The molecular formula is C8H6N4O. The molecule has 2 rings (SSSR count). The fraction of sp³-hybridized carbons (Fsp3) is 0. The third-order valence-corrected chi connectivity index (χ3v) is 1.57. The molecule has 0 spiro atoms. The van der Waals surface area contributed by atoms with E-state index in [1.165, 1.54) is 12.4 Å². The smallest absolute Gasteiger partial charge is 0.216 e. The van der Waals surface area contributed by atoms with Crippen LogP contribution in [0.2, 0.25) is 0 Å². The second-order valence-electron chi connectivity index (χ2n) is 2.43. The maximum absolute atomic E-state index is 11.5. The first-order chi connectivity index (χ1) is 6.38. The fourth-order valence-electron chi connectivity index (χ4n) is 0.956. The van der Waals surface area contributed by atoms with Gasteiger partial charge in [-0.05, 0) is 12.1 Å². The molecule has 5 heteroatoms. The lowest BCUT2D eigenvalue weighted by Gasteiger charge is -1.93. The van der Waals surface area contributed by atoms with Crippen LogP contribution in [-0.4, -0.2) is 26.2 Å². The van der Waals surface area contributed by atoms with Crippen LogP contribution in [0.3, 0.4) is 0 Å². The Balaban J connectivity index is 2.34. The molecule has 0 unspecified atom stereocenters. The molecule has 0 radical (unpaired) electrons. The van der Waals surface area contributed by atoms with Gasteiger partial charge in [-0.3, -0.25) is 9.78 Å². The molecule has 2 aromatic rings. The Labute approximate surface area is 73.8 Å². The zero-order valence-electron chi connectivity index (χ0n) is 6.64. The minimum Gasteiger partial charge on any atom is -0.287 e. The number of carbonyl (C=O) groups is 1. The summed E-state index contributed by atoms with van der Waals surface area (Å²) in [4.78, 5) is 15.4. The van der Waals surface area contributed by atoms with Gasteiger partial charge in [0.15, 0.2) is 5.69 Å². The summed E-state index contributed by atoms with van der Waals surface area (Å²) in [7, 11) is 0. The van der Waals surface area contributed by atoms with Crippen LogP contribution in [-0.2, 0) is 0 Å². The number of ketones is 1. The van der Waals surface area contributed by atoms with Crippen molar-refractivity contribution in [3.63, 3.8) is 0 Å². The van der Waals surface area contributed by atoms with Gasteiger partial charge in [-0.25, -0.2) is 0 Å². The van der Waals surface area contributed by atoms with E-state index in [1.54, 1.807) is 18.3 Å². The molecule has 2 heterocycles. The highest BCUT2D eigenvalue weighted by atomic mass is 16.1. The second-order valence-corrected chi connectivity index (χ2v) is 2.43. The molecule has 0 amide bonds. The average Bonchev–Trinajstić information content (AvgIpc) is 2.71. The lowest BCUT2D eigenvalue weighted by atomic mass is 10.1. The Kier molecular flexibility index (Phi) is 1.84. The molecule has 0 aromatic carbocycles. The summed E-state index contributed by atoms with van der Waals surface area (Å²) in [5, 5.41) is 9.61. The number of carbonyl (C=O) groups excluding carboxylic acids is 1. The largest absolute Gasteiger partial charge is 0.287 e. The molecule has 1 N–H and O–H groups in total. The number of rotatable bonds is 2. The van der Waals surface area contributed by atoms with E-state index in [9.17, 15) is 4.79 Å². The van der Waals surface area contributed by atoms with Crippen molar-refractivity contribution in [2.75, 3.05) is 0 Å². The third kappa shape index (κ3) is 1.44. The molecule has 0 atom stereocenters. The number of nitrogens with zero attached hydrogens (tertiary/aromatic N) is 3. The van der Waals surface area contributed by atoms with Crippen LogP contribution in [0.15, 0.2) is 30.7 Å². The number of aromatic nitrogens is 4. The summed E-state index contributed by atoms with van der Waals surface area (Å²) in [6.07, 6.45) is 4.49. The zero-order chi connectivity index (χ0) is 9.10. The van der Waals surface area contributed by atoms with Crippen LogP contribution in [0.4, 0.5) is 0 Å². The van der Waals surface area contributed by atoms with Gasteiger partial charge >= 0.3 is 0 Å². The van der Waals surface area contributed by atoms with Crippen LogP contribution >= 0.6 is 0 Å². The van der Waals surface area contributed by atoms with Crippen molar-refractivity contribution >= 4 is 5.78 Å². The van der Waals surface area contributed by atoms with Crippen LogP contribution in [0.25, 0.3) is 0 Å². The fourth-order valence-corrected chi connectivity index (χ4v) is 0.956. The van der Waals surface area contributed by atoms with Gasteiger partial charge in [0.1, 0.15) is 0 Å². The molecule has 0 aliphatic heterocycles. The molecule has 0 aliphatic carbocycles. The van der Waals surface area contributed by atoms with E-state index < -0.39 is 0 Å². The Bertz CT molecular complexity index is 395. The minimum absolute atomic E-state index is 0.179. The maximum Gasteiger partial charge on any atom is 0.216 e. The van der Waals surface area contributed by atoms with Gasteiger partial charge in [0.25, 0.3) is 0 Å². The monoisotopic (exact) mass is 174 g/mol. The topological polar surface area (TPSA) is 71.5 Å². The molecule has 13 heavy (non-hydrogen) atoms. The molecule has 0 saturated heterocycles. The molecule has 0 aliphatic rings. The summed E-state index contributed by atoms with van der Waals surface area (Å²) in [6.45, 7) is 0. The van der Waals surface area contributed by atoms with Crippen LogP contribution in [0.5, 0.6) is 0 Å². The van der Waals surface area contributed by atoms with Gasteiger partial charge in [0.2, 0.25) is 5.78 Å². The van der Waals surface area contributed by atoms with E-state index in [0.29, 0.717) is 11.3 Å². The zero-order valence-corrected chi connectivity index (χ0v) is 6.64. The van der Waals surface area contributed by atoms with Crippen LogP contribution in [0, 0.1) is 0 Å². The van der Waals surface area contributed by atoms with Gasteiger partial charge < -0.3 is 0 Å². The number of H-pyrrole nitrogens is 1. The van der Waals surface area contributed by atoms with E-state index in [1.807, 2.05) is 0 Å². The predicted octanol–water partition coefficient (Wildman–Crippen LogP) is 0.431. The molecule has 5 nitrogen and oxygen atoms in total. The van der Waals surface area contributed by atoms with E-state index in [2.05, 4.69) is 20.4 Å². The standard InChI is InChI=1S/C8H6N4O/c13-8(7-5-10-12-11-7)6-2-1-3-9-4-6/h1-5H,(H,10,11,12). The Morgan fingerprint density at radius 1 is 1.38 bits per heavy atom.